The van der Waals surface area contributed by atoms with E-state index in [1.54, 1.807) is 16.7 Å². The fourth-order valence-electron chi connectivity index (χ4n) is 3.05. The second kappa shape index (κ2) is 6.93. The van der Waals surface area contributed by atoms with Gasteiger partial charge in [0.1, 0.15) is 11.3 Å². The first kappa shape index (κ1) is 18.2. The maximum atomic E-state index is 12.7. The monoisotopic (exact) mass is 377 g/mol. The Labute approximate surface area is 150 Å². The molecule has 138 valence electrons. The fraction of sp³-hybridized carbons (Fsp3) is 0.294. The van der Waals surface area contributed by atoms with Gasteiger partial charge in [-0.25, -0.2) is 13.6 Å². The van der Waals surface area contributed by atoms with Crippen molar-refractivity contribution >= 4 is 15.9 Å². The minimum absolute atomic E-state index is 0.00880. The highest BCUT2D eigenvalue weighted by molar-refractivity contribution is 7.89. The normalized spacial score (nSPS) is 13.3. The number of methoxy groups -OCH3 is 1. The third kappa shape index (κ3) is 3.49. The number of aromatic nitrogens is 1. The molecular weight excluding hydrogens is 358 g/mol. The van der Waals surface area contributed by atoms with Crippen LogP contribution >= 0.6 is 0 Å². The molecule has 9 heteroatoms. The Kier molecular flexibility index (Phi) is 4.84. The topological polar surface area (TPSA) is 120 Å². The van der Waals surface area contributed by atoms with Gasteiger partial charge in [0.2, 0.25) is 10.0 Å². The molecule has 3 N–H and O–H groups in total. The van der Waals surface area contributed by atoms with Crippen LogP contribution in [0.4, 0.5) is 0 Å². The number of rotatable bonds is 5. The van der Waals surface area contributed by atoms with Gasteiger partial charge in [-0.1, -0.05) is 12.1 Å². The molecule has 0 saturated heterocycles. The summed E-state index contributed by atoms with van der Waals surface area (Å²) in [5.74, 6) is -0.0896. The van der Waals surface area contributed by atoms with Crippen molar-refractivity contribution in [1.29, 1.82) is 0 Å². The van der Waals surface area contributed by atoms with Crippen molar-refractivity contribution in [3.63, 3.8) is 0 Å². The molecular formula is C17H19N3O5S. The van der Waals surface area contributed by atoms with Crippen LogP contribution in [0.2, 0.25) is 0 Å². The summed E-state index contributed by atoms with van der Waals surface area (Å²) < 4.78 is 29.4. The van der Waals surface area contributed by atoms with Crippen LogP contribution in [0.15, 0.2) is 40.0 Å². The van der Waals surface area contributed by atoms with Crippen molar-refractivity contribution in [2.24, 2.45) is 5.14 Å². The summed E-state index contributed by atoms with van der Waals surface area (Å²) in [4.78, 5) is 24.7. The Morgan fingerprint density at radius 2 is 2.00 bits per heavy atom. The third-order valence-corrected chi connectivity index (χ3v) is 5.26. The SMILES string of the molecule is COc1cc(=O)n2c(c1C(=O)NCc1ccc(S(N)(=O)=O)cc1)CCC2. The Hall–Kier alpha value is -2.65. The summed E-state index contributed by atoms with van der Waals surface area (Å²) in [6.07, 6.45) is 1.44. The summed E-state index contributed by atoms with van der Waals surface area (Å²) >= 11 is 0. The molecule has 1 aliphatic heterocycles. The van der Waals surface area contributed by atoms with Gasteiger partial charge in [-0.15, -0.1) is 0 Å². The zero-order valence-corrected chi connectivity index (χ0v) is 15.0. The number of ether oxygens (including phenoxy) is 1. The van der Waals surface area contributed by atoms with Crippen LogP contribution < -0.4 is 20.8 Å². The molecule has 1 aromatic carbocycles. The first-order valence-corrected chi connectivity index (χ1v) is 9.56. The molecule has 0 radical (unpaired) electrons. The highest BCUT2D eigenvalue weighted by atomic mass is 32.2. The van der Waals surface area contributed by atoms with Gasteiger partial charge >= 0.3 is 0 Å². The number of amides is 1. The molecule has 2 aromatic rings. The van der Waals surface area contributed by atoms with Gasteiger partial charge in [-0.2, -0.15) is 0 Å². The van der Waals surface area contributed by atoms with Crippen LogP contribution in [0, 0.1) is 0 Å². The molecule has 1 aromatic heterocycles. The van der Waals surface area contributed by atoms with E-state index in [4.69, 9.17) is 9.88 Å². The summed E-state index contributed by atoms with van der Waals surface area (Å²) in [5, 5.41) is 7.84. The second-order valence-corrected chi connectivity index (χ2v) is 7.56. The number of hydrogen-bond donors (Lipinski definition) is 2. The summed E-state index contributed by atoms with van der Waals surface area (Å²) in [5.41, 5.74) is 1.58. The van der Waals surface area contributed by atoms with E-state index in [9.17, 15) is 18.0 Å². The zero-order valence-electron chi connectivity index (χ0n) is 14.2. The molecule has 0 bridgehead atoms. The number of nitrogens with zero attached hydrogens (tertiary/aromatic N) is 1. The van der Waals surface area contributed by atoms with Crippen LogP contribution in [-0.4, -0.2) is 26.0 Å². The smallest absolute Gasteiger partial charge is 0.257 e. The largest absolute Gasteiger partial charge is 0.496 e. The fourth-order valence-corrected chi connectivity index (χ4v) is 3.57. The van der Waals surface area contributed by atoms with E-state index in [0.29, 0.717) is 24.2 Å². The van der Waals surface area contributed by atoms with E-state index in [2.05, 4.69) is 5.32 Å². The van der Waals surface area contributed by atoms with Crippen LogP contribution in [0.3, 0.4) is 0 Å². The average Bonchev–Trinajstić information content (AvgIpc) is 3.09. The van der Waals surface area contributed by atoms with Gasteiger partial charge in [0, 0.05) is 24.8 Å². The second-order valence-electron chi connectivity index (χ2n) is 6.00. The van der Waals surface area contributed by atoms with Gasteiger partial charge in [0.05, 0.1) is 12.0 Å². The average molecular weight is 377 g/mol. The van der Waals surface area contributed by atoms with E-state index in [0.717, 1.165) is 12.0 Å². The first-order chi connectivity index (χ1) is 12.3. The maximum absolute atomic E-state index is 12.7. The number of benzene rings is 1. The molecule has 3 rings (SSSR count). The molecule has 1 aliphatic rings. The lowest BCUT2D eigenvalue weighted by molar-refractivity contribution is 0.0946. The van der Waals surface area contributed by atoms with Crippen LogP contribution in [0.5, 0.6) is 5.75 Å². The van der Waals surface area contributed by atoms with Crippen molar-refractivity contribution in [2.75, 3.05) is 7.11 Å². The molecule has 0 aliphatic carbocycles. The predicted octanol–water partition coefficient (Wildman–Crippen LogP) is 0.380. The van der Waals surface area contributed by atoms with Crippen molar-refractivity contribution < 1.29 is 17.9 Å². The van der Waals surface area contributed by atoms with Gasteiger partial charge in [-0.05, 0) is 30.5 Å². The van der Waals surface area contributed by atoms with E-state index in [1.807, 2.05) is 0 Å². The molecule has 26 heavy (non-hydrogen) atoms. The number of carbonyl (C=O) groups excluding carboxylic acids is 1. The van der Waals surface area contributed by atoms with Crippen LogP contribution in [0.1, 0.15) is 28.0 Å². The Morgan fingerprint density at radius 3 is 2.62 bits per heavy atom. The quantitative estimate of drug-likeness (QED) is 0.780. The Morgan fingerprint density at radius 1 is 1.31 bits per heavy atom. The number of nitrogens with one attached hydrogen (secondary N) is 1. The standard InChI is InChI=1S/C17H19N3O5S/c1-25-14-9-15(21)20-8-2-3-13(20)16(14)17(22)19-10-11-4-6-12(7-5-11)26(18,23)24/h4-7,9H,2-3,8,10H2,1H3,(H,19,22)(H2,18,23,24). The van der Waals surface area contributed by atoms with Crippen molar-refractivity contribution in [3.05, 3.63) is 57.5 Å². The van der Waals surface area contributed by atoms with E-state index >= 15 is 0 Å². The van der Waals surface area contributed by atoms with Gasteiger partial charge in [0.25, 0.3) is 11.5 Å². The maximum Gasteiger partial charge on any atom is 0.257 e. The molecule has 0 atom stereocenters. The number of nitrogens with two attached hydrogens (primary N) is 1. The number of primary sulfonamides is 1. The highest BCUT2D eigenvalue weighted by Gasteiger charge is 2.25. The third-order valence-electron chi connectivity index (χ3n) is 4.33. The molecule has 8 nitrogen and oxygen atoms in total. The van der Waals surface area contributed by atoms with Crippen LogP contribution in [-0.2, 0) is 29.5 Å². The van der Waals surface area contributed by atoms with Crippen molar-refractivity contribution in [1.82, 2.24) is 9.88 Å². The van der Waals surface area contributed by atoms with Gasteiger partial charge < -0.3 is 14.6 Å². The molecule has 2 heterocycles. The number of pyridine rings is 1. The van der Waals surface area contributed by atoms with Gasteiger partial charge in [0.15, 0.2) is 0 Å². The van der Waals surface area contributed by atoms with Crippen LogP contribution in [0.25, 0.3) is 0 Å². The highest BCUT2D eigenvalue weighted by Crippen LogP contribution is 2.25. The summed E-state index contributed by atoms with van der Waals surface area (Å²) in [7, 11) is -2.33. The van der Waals surface area contributed by atoms with E-state index < -0.39 is 10.0 Å². The number of hydrogen-bond acceptors (Lipinski definition) is 5. The molecule has 0 unspecified atom stereocenters. The Balaban J connectivity index is 1.81. The lowest BCUT2D eigenvalue weighted by Gasteiger charge is -2.14. The summed E-state index contributed by atoms with van der Waals surface area (Å²) in [6.45, 7) is 0.791. The lowest BCUT2D eigenvalue weighted by atomic mass is 10.1. The minimum atomic E-state index is -3.75. The van der Waals surface area contributed by atoms with Crippen molar-refractivity contribution in [2.45, 2.75) is 30.8 Å². The lowest BCUT2D eigenvalue weighted by Crippen LogP contribution is -2.28. The molecule has 0 saturated carbocycles. The predicted molar refractivity (Wildman–Crippen MR) is 94.6 cm³/mol. The van der Waals surface area contributed by atoms with Crippen molar-refractivity contribution in [3.8, 4) is 5.75 Å². The van der Waals surface area contributed by atoms with E-state index in [-0.39, 0.29) is 28.7 Å². The van der Waals surface area contributed by atoms with Gasteiger partial charge in [-0.3, -0.25) is 9.59 Å². The number of carbonyl (C=O) groups is 1. The number of sulfonamides is 1. The zero-order chi connectivity index (χ0) is 18.9. The molecule has 0 spiro atoms. The minimum Gasteiger partial charge on any atom is -0.496 e. The van der Waals surface area contributed by atoms with E-state index in [1.165, 1.54) is 25.3 Å². The summed E-state index contributed by atoms with van der Waals surface area (Å²) in [6, 6.07) is 7.26. The molecule has 1 amide bonds. The molecule has 0 fully saturated rings. The number of fused-ring (bicyclic) bond motifs is 1. The Bertz CT molecular complexity index is 1010. The first-order valence-electron chi connectivity index (χ1n) is 8.02.